The van der Waals surface area contributed by atoms with E-state index < -0.39 is 0 Å². The zero-order chi connectivity index (χ0) is 20.0. The molecule has 0 radical (unpaired) electrons. The number of fused-ring (bicyclic) bond motifs is 1. The monoisotopic (exact) mass is 408 g/mol. The lowest BCUT2D eigenvalue weighted by Crippen LogP contribution is -2.49. The molecule has 1 aromatic carbocycles. The van der Waals surface area contributed by atoms with Crippen molar-refractivity contribution in [2.75, 3.05) is 24.5 Å². The van der Waals surface area contributed by atoms with Crippen molar-refractivity contribution in [2.24, 2.45) is 0 Å². The van der Waals surface area contributed by atoms with Crippen LogP contribution in [0.25, 0.3) is 27.5 Å². The van der Waals surface area contributed by atoms with E-state index >= 15 is 0 Å². The highest BCUT2D eigenvalue weighted by atomic mass is 32.1. The van der Waals surface area contributed by atoms with Gasteiger partial charge >= 0.3 is 0 Å². The molecule has 4 heterocycles. The van der Waals surface area contributed by atoms with Crippen molar-refractivity contribution < 1.29 is 4.39 Å². The van der Waals surface area contributed by atoms with Gasteiger partial charge < -0.3 is 10.2 Å². The largest absolute Gasteiger partial charge is 0.344 e. The van der Waals surface area contributed by atoms with Crippen LogP contribution in [0.3, 0.4) is 0 Å². The fourth-order valence-corrected chi connectivity index (χ4v) is 4.67. The third-order valence-corrected chi connectivity index (χ3v) is 6.09. The number of anilines is 1. The molecule has 3 aromatic heterocycles. The summed E-state index contributed by atoms with van der Waals surface area (Å²) in [6.07, 6.45) is 1.80. The van der Waals surface area contributed by atoms with Crippen molar-refractivity contribution in [2.45, 2.75) is 19.9 Å². The minimum Gasteiger partial charge on any atom is -0.344 e. The van der Waals surface area contributed by atoms with E-state index in [1.165, 1.54) is 12.1 Å². The molecule has 1 aliphatic rings. The summed E-state index contributed by atoms with van der Waals surface area (Å²) in [5, 5.41) is 9.35. The van der Waals surface area contributed by atoms with E-state index in [4.69, 9.17) is 10.1 Å². The van der Waals surface area contributed by atoms with Crippen LogP contribution in [0, 0.1) is 12.7 Å². The number of benzene rings is 1. The molecule has 5 rings (SSSR count). The first-order valence-corrected chi connectivity index (χ1v) is 10.5. The number of nitrogens with zero attached hydrogens (tertiary/aromatic N) is 5. The molecule has 29 heavy (non-hydrogen) atoms. The van der Waals surface area contributed by atoms with E-state index in [-0.39, 0.29) is 5.82 Å². The smallest absolute Gasteiger partial charge is 0.215 e. The van der Waals surface area contributed by atoms with E-state index in [0.29, 0.717) is 6.04 Å². The van der Waals surface area contributed by atoms with Gasteiger partial charge in [-0.3, -0.25) is 4.98 Å². The number of pyridine rings is 1. The second kappa shape index (κ2) is 7.20. The van der Waals surface area contributed by atoms with Gasteiger partial charge in [0.15, 0.2) is 0 Å². The number of imidazole rings is 1. The van der Waals surface area contributed by atoms with Crippen LogP contribution in [0.15, 0.2) is 42.6 Å². The standard InChI is InChI=1S/C21H21FN6S/c1-13-11-16(7-8-23-13)19-18(15-3-5-17(22)6-4-15)25-20-28(19)26-21(29-20)27-10-9-24-14(2)12-27/h3-8,11,14,24H,9-10,12H2,1-2H3/t14-/m1/s1. The van der Waals surface area contributed by atoms with Crippen LogP contribution in [0.4, 0.5) is 9.52 Å². The van der Waals surface area contributed by atoms with Gasteiger partial charge in [-0.15, -0.1) is 5.10 Å². The lowest BCUT2D eigenvalue weighted by Gasteiger charge is -2.31. The van der Waals surface area contributed by atoms with Crippen molar-refractivity contribution in [3.05, 3.63) is 54.1 Å². The van der Waals surface area contributed by atoms with Gasteiger partial charge in [0, 0.05) is 48.7 Å². The first-order chi connectivity index (χ1) is 14.1. The minimum absolute atomic E-state index is 0.260. The molecule has 0 saturated carbocycles. The molecule has 0 unspecified atom stereocenters. The normalized spacial score (nSPS) is 17.2. The fraction of sp³-hybridized carbons (Fsp3) is 0.286. The molecule has 0 spiro atoms. The SMILES string of the molecule is Cc1cc(-c2c(-c3ccc(F)cc3)nc3sc(N4CCN[C@H](C)C4)nn23)ccn1. The minimum atomic E-state index is -0.260. The molecule has 1 saturated heterocycles. The summed E-state index contributed by atoms with van der Waals surface area (Å²) in [5.41, 5.74) is 4.49. The predicted octanol–water partition coefficient (Wildman–Crippen LogP) is 3.77. The number of aryl methyl sites for hydroxylation is 1. The van der Waals surface area contributed by atoms with Gasteiger partial charge in [0.1, 0.15) is 17.2 Å². The zero-order valence-electron chi connectivity index (χ0n) is 16.3. The highest BCUT2D eigenvalue weighted by Gasteiger charge is 2.24. The third-order valence-electron chi connectivity index (χ3n) is 5.12. The van der Waals surface area contributed by atoms with E-state index in [0.717, 1.165) is 57.9 Å². The summed E-state index contributed by atoms with van der Waals surface area (Å²) in [6.45, 7) is 6.94. The molecule has 0 bridgehead atoms. The van der Waals surface area contributed by atoms with Crippen LogP contribution in [0.1, 0.15) is 12.6 Å². The lowest BCUT2D eigenvalue weighted by atomic mass is 10.1. The molecular weight excluding hydrogens is 387 g/mol. The van der Waals surface area contributed by atoms with Gasteiger partial charge in [-0.2, -0.15) is 0 Å². The Morgan fingerprint density at radius 1 is 1.17 bits per heavy atom. The van der Waals surface area contributed by atoms with E-state index in [1.807, 2.05) is 23.6 Å². The summed E-state index contributed by atoms with van der Waals surface area (Å²) >= 11 is 1.59. The average molecular weight is 409 g/mol. The predicted molar refractivity (Wildman–Crippen MR) is 114 cm³/mol. The maximum Gasteiger partial charge on any atom is 0.215 e. The topological polar surface area (TPSA) is 58.4 Å². The number of halogens is 1. The van der Waals surface area contributed by atoms with Gasteiger partial charge in [-0.05, 0) is 50.2 Å². The molecule has 1 fully saturated rings. The molecule has 4 aromatic rings. The van der Waals surface area contributed by atoms with E-state index in [9.17, 15) is 4.39 Å². The molecule has 8 heteroatoms. The summed E-state index contributed by atoms with van der Waals surface area (Å²) in [6, 6.07) is 10.9. The van der Waals surface area contributed by atoms with Gasteiger partial charge in [0.2, 0.25) is 10.1 Å². The Bertz CT molecular complexity index is 1170. The van der Waals surface area contributed by atoms with Crippen molar-refractivity contribution >= 4 is 21.4 Å². The highest BCUT2D eigenvalue weighted by molar-refractivity contribution is 7.20. The maximum atomic E-state index is 13.5. The number of rotatable bonds is 3. The molecule has 1 aliphatic heterocycles. The number of nitrogens with one attached hydrogen (secondary N) is 1. The summed E-state index contributed by atoms with van der Waals surface area (Å²) in [5.74, 6) is -0.260. The van der Waals surface area contributed by atoms with E-state index in [2.05, 4.69) is 22.1 Å². The third kappa shape index (κ3) is 3.38. The molecular formula is C21H21FN6S. The second-order valence-electron chi connectivity index (χ2n) is 7.38. The van der Waals surface area contributed by atoms with Crippen molar-refractivity contribution in [3.8, 4) is 22.5 Å². The average Bonchev–Trinajstić information content (AvgIpc) is 3.26. The summed E-state index contributed by atoms with van der Waals surface area (Å²) < 4.78 is 15.4. The molecule has 1 N–H and O–H groups in total. The van der Waals surface area contributed by atoms with Crippen LogP contribution in [0.2, 0.25) is 0 Å². The molecule has 0 aliphatic carbocycles. The molecule has 6 nitrogen and oxygen atoms in total. The van der Waals surface area contributed by atoms with Crippen molar-refractivity contribution in [3.63, 3.8) is 0 Å². The van der Waals surface area contributed by atoms with Gasteiger partial charge in [-0.1, -0.05) is 11.3 Å². The van der Waals surface area contributed by atoms with Crippen molar-refractivity contribution in [1.29, 1.82) is 0 Å². The Hall–Kier alpha value is -2.84. The van der Waals surface area contributed by atoms with Crippen LogP contribution >= 0.6 is 11.3 Å². The molecule has 1 atom stereocenters. The number of hydrogen-bond acceptors (Lipinski definition) is 6. The zero-order valence-corrected chi connectivity index (χ0v) is 17.1. The highest BCUT2D eigenvalue weighted by Crippen LogP contribution is 2.36. The summed E-state index contributed by atoms with van der Waals surface area (Å²) in [4.78, 5) is 12.3. The van der Waals surface area contributed by atoms with Gasteiger partial charge in [0.25, 0.3) is 0 Å². The molecule has 0 amide bonds. The maximum absolute atomic E-state index is 13.5. The Kier molecular flexibility index (Phi) is 4.52. The number of aromatic nitrogens is 4. The van der Waals surface area contributed by atoms with Crippen LogP contribution in [-0.2, 0) is 0 Å². The fourth-order valence-electron chi connectivity index (χ4n) is 3.73. The Balaban J connectivity index is 1.67. The van der Waals surface area contributed by atoms with Crippen LogP contribution in [0.5, 0.6) is 0 Å². The Morgan fingerprint density at radius 2 is 2.00 bits per heavy atom. The number of piperazine rings is 1. The van der Waals surface area contributed by atoms with Crippen molar-refractivity contribution in [1.82, 2.24) is 24.9 Å². The van der Waals surface area contributed by atoms with Gasteiger partial charge in [0.05, 0.1) is 0 Å². The van der Waals surface area contributed by atoms with E-state index in [1.54, 1.807) is 29.7 Å². The first kappa shape index (κ1) is 18.2. The lowest BCUT2D eigenvalue weighted by molar-refractivity contribution is 0.483. The Morgan fingerprint density at radius 3 is 2.76 bits per heavy atom. The number of hydrogen-bond donors (Lipinski definition) is 1. The van der Waals surface area contributed by atoms with Crippen LogP contribution < -0.4 is 10.2 Å². The Labute approximate surface area is 172 Å². The first-order valence-electron chi connectivity index (χ1n) is 9.65. The van der Waals surface area contributed by atoms with Gasteiger partial charge in [-0.25, -0.2) is 13.9 Å². The summed E-state index contributed by atoms with van der Waals surface area (Å²) in [7, 11) is 0. The molecule has 148 valence electrons. The van der Waals surface area contributed by atoms with Crippen LogP contribution in [-0.4, -0.2) is 45.3 Å². The second-order valence-corrected chi connectivity index (χ2v) is 8.32. The quantitative estimate of drug-likeness (QED) is 0.559.